The Kier molecular flexibility index (Phi) is 5.62. The second kappa shape index (κ2) is 7.67. The molecule has 0 spiro atoms. The number of carbonyl (C=O) groups is 2. The average Bonchev–Trinajstić information content (AvgIpc) is 2.93. The maximum Gasteiger partial charge on any atom is 0.305 e. The summed E-state index contributed by atoms with van der Waals surface area (Å²) < 4.78 is 15.1. The van der Waals surface area contributed by atoms with Crippen molar-refractivity contribution in [3.05, 3.63) is 36.0 Å². The molecular formula is C17H21NO5. The van der Waals surface area contributed by atoms with Crippen molar-refractivity contribution in [3.8, 4) is 11.5 Å². The number of ether oxygens (including phenoxy) is 3. The predicted molar refractivity (Wildman–Crippen MR) is 84.0 cm³/mol. The van der Waals surface area contributed by atoms with Crippen LogP contribution in [0.15, 0.2) is 30.5 Å². The van der Waals surface area contributed by atoms with Crippen LogP contribution in [0.2, 0.25) is 0 Å². The van der Waals surface area contributed by atoms with E-state index in [0.29, 0.717) is 24.5 Å². The first-order chi connectivity index (χ1) is 11.1. The van der Waals surface area contributed by atoms with Gasteiger partial charge in [0.2, 0.25) is 5.91 Å². The monoisotopic (exact) mass is 319 g/mol. The molecule has 1 atom stereocenters. The van der Waals surface area contributed by atoms with Gasteiger partial charge in [-0.3, -0.25) is 9.59 Å². The number of nitrogens with zero attached hydrogens (tertiary/aromatic N) is 1. The molecule has 0 N–H and O–H groups in total. The third-order valence-electron chi connectivity index (χ3n) is 3.82. The topological polar surface area (TPSA) is 65.1 Å². The summed E-state index contributed by atoms with van der Waals surface area (Å²) in [5, 5.41) is 0. The first-order valence-electron chi connectivity index (χ1n) is 7.35. The molecule has 1 heterocycles. The lowest BCUT2D eigenvalue weighted by Gasteiger charge is -2.18. The molecule has 1 aliphatic heterocycles. The molecule has 1 unspecified atom stereocenters. The van der Waals surface area contributed by atoms with Crippen LogP contribution in [0.3, 0.4) is 0 Å². The maximum atomic E-state index is 12.4. The number of benzene rings is 1. The summed E-state index contributed by atoms with van der Waals surface area (Å²) in [6.07, 6.45) is 4.27. The van der Waals surface area contributed by atoms with Gasteiger partial charge in [-0.2, -0.15) is 0 Å². The highest BCUT2D eigenvalue weighted by Crippen LogP contribution is 2.28. The summed E-state index contributed by atoms with van der Waals surface area (Å²) >= 11 is 0. The largest absolute Gasteiger partial charge is 0.497 e. The summed E-state index contributed by atoms with van der Waals surface area (Å²) in [7, 11) is 4.52. The van der Waals surface area contributed by atoms with Gasteiger partial charge in [-0.1, -0.05) is 6.08 Å². The van der Waals surface area contributed by atoms with E-state index in [4.69, 9.17) is 9.47 Å². The van der Waals surface area contributed by atoms with E-state index < -0.39 is 0 Å². The molecular weight excluding hydrogens is 298 g/mol. The molecule has 0 bridgehead atoms. The maximum absolute atomic E-state index is 12.4. The van der Waals surface area contributed by atoms with E-state index in [-0.39, 0.29) is 24.2 Å². The van der Waals surface area contributed by atoms with E-state index in [1.807, 2.05) is 18.2 Å². The lowest BCUT2D eigenvalue weighted by Crippen LogP contribution is -2.26. The van der Waals surface area contributed by atoms with Crippen molar-refractivity contribution in [2.24, 2.45) is 5.92 Å². The van der Waals surface area contributed by atoms with Gasteiger partial charge in [-0.15, -0.1) is 0 Å². The minimum atomic E-state index is -0.304. The number of rotatable bonds is 7. The molecule has 0 saturated carbocycles. The number of methoxy groups -OCH3 is 3. The SMILES string of the molecule is COC(=O)CCC1C=CN(Cc2ccc(OC)cc2OC)C1=O. The first kappa shape index (κ1) is 16.9. The molecule has 2 rings (SSSR count). The third kappa shape index (κ3) is 4.03. The molecule has 6 nitrogen and oxygen atoms in total. The van der Waals surface area contributed by atoms with E-state index in [1.165, 1.54) is 7.11 Å². The van der Waals surface area contributed by atoms with Gasteiger partial charge in [0.05, 0.1) is 33.8 Å². The van der Waals surface area contributed by atoms with E-state index in [0.717, 1.165) is 5.56 Å². The highest BCUT2D eigenvalue weighted by atomic mass is 16.5. The molecule has 1 aromatic carbocycles. The molecule has 1 amide bonds. The van der Waals surface area contributed by atoms with Crippen LogP contribution in [0.4, 0.5) is 0 Å². The van der Waals surface area contributed by atoms with Gasteiger partial charge < -0.3 is 19.1 Å². The van der Waals surface area contributed by atoms with Crippen LogP contribution in [0.5, 0.6) is 11.5 Å². The molecule has 0 radical (unpaired) electrons. The Balaban J connectivity index is 2.01. The van der Waals surface area contributed by atoms with Crippen molar-refractivity contribution >= 4 is 11.9 Å². The number of hydrogen-bond donors (Lipinski definition) is 0. The highest BCUT2D eigenvalue weighted by Gasteiger charge is 2.27. The highest BCUT2D eigenvalue weighted by molar-refractivity contribution is 5.84. The van der Waals surface area contributed by atoms with Crippen LogP contribution in [0.25, 0.3) is 0 Å². The Morgan fingerprint density at radius 1 is 1.22 bits per heavy atom. The fraction of sp³-hybridized carbons (Fsp3) is 0.412. The molecule has 0 aromatic heterocycles. The Hall–Kier alpha value is -2.50. The van der Waals surface area contributed by atoms with E-state index in [9.17, 15) is 9.59 Å². The van der Waals surface area contributed by atoms with Crippen LogP contribution < -0.4 is 9.47 Å². The van der Waals surface area contributed by atoms with Crippen molar-refractivity contribution in [3.63, 3.8) is 0 Å². The van der Waals surface area contributed by atoms with Crippen LogP contribution in [-0.2, 0) is 20.9 Å². The molecule has 0 saturated heterocycles. The number of carbonyl (C=O) groups excluding carboxylic acids is 2. The average molecular weight is 319 g/mol. The molecule has 0 aliphatic carbocycles. The first-order valence-corrected chi connectivity index (χ1v) is 7.35. The normalized spacial score (nSPS) is 16.6. The van der Waals surface area contributed by atoms with Crippen molar-refractivity contribution in [1.29, 1.82) is 0 Å². The van der Waals surface area contributed by atoms with Crippen LogP contribution >= 0.6 is 0 Å². The van der Waals surface area contributed by atoms with Gasteiger partial charge >= 0.3 is 5.97 Å². The zero-order valence-electron chi connectivity index (χ0n) is 13.6. The molecule has 1 aliphatic rings. The number of hydrogen-bond acceptors (Lipinski definition) is 5. The standard InChI is InChI=1S/C17H21NO5/c1-21-14-6-4-13(15(10-14)22-2)11-18-9-8-12(17(18)20)5-7-16(19)23-3/h4,6,8-10,12H,5,7,11H2,1-3H3. The number of amides is 1. The summed E-state index contributed by atoms with van der Waals surface area (Å²) in [4.78, 5) is 25.2. The summed E-state index contributed by atoms with van der Waals surface area (Å²) in [6.45, 7) is 0.414. The van der Waals surface area contributed by atoms with Crippen molar-refractivity contribution in [1.82, 2.24) is 4.90 Å². The minimum absolute atomic E-state index is 0.0215. The van der Waals surface area contributed by atoms with Gasteiger partial charge in [0, 0.05) is 24.3 Å². The fourth-order valence-corrected chi connectivity index (χ4v) is 2.47. The molecule has 23 heavy (non-hydrogen) atoms. The zero-order chi connectivity index (χ0) is 16.8. The van der Waals surface area contributed by atoms with Crippen molar-refractivity contribution in [2.75, 3.05) is 21.3 Å². The van der Waals surface area contributed by atoms with Crippen LogP contribution in [0.1, 0.15) is 18.4 Å². The van der Waals surface area contributed by atoms with Crippen LogP contribution in [0, 0.1) is 5.92 Å². The predicted octanol–water partition coefficient (Wildman–Crippen LogP) is 2.13. The Labute approximate surface area is 135 Å². The number of esters is 1. The van der Waals surface area contributed by atoms with Gasteiger partial charge in [-0.25, -0.2) is 0 Å². The van der Waals surface area contributed by atoms with E-state index >= 15 is 0 Å². The van der Waals surface area contributed by atoms with E-state index in [2.05, 4.69) is 4.74 Å². The molecule has 1 aromatic rings. The Bertz CT molecular complexity index is 611. The second-order valence-corrected chi connectivity index (χ2v) is 5.21. The van der Waals surface area contributed by atoms with Gasteiger partial charge in [0.15, 0.2) is 0 Å². The lowest BCUT2D eigenvalue weighted by molar-refractivity contribution is -0.141. The van der Waals surface area contributed by atoms with Gasteiger partial charge in [0.1, 0.15) is 11.5 Å². The Morgan fingerprint density at radius 2 is 2.00 bits per heavy atom. The van der Waals surface area contributed by atoms with Gasteiger partial charge in [0.25, 0.3) is 0 Å². The lowest BCUT2D eigenvalue weighted by atomic mass is 10.0. The third-order valence-corrected chi connectivity index (χ3v) is 3.82. The second-order valence-electron chi connectivity index (χ2n) is 5.21. The fourth-order valence-electron chi connectivity index (χ4n) is 2.47. The zero-order valence-corrected chi connectivity index (χ0v) is 13.6. The molecule has 6 heteroatoms. The molecule has 124 valence electrons. The van der Waals surface area contributed by atoms with E-state index in [1.54, 1.807) is 31.4 Å². The van der Waals surface area contributed by atoms with Crippen molar-refractivity contribution < 1.29 is 23.8 Å². The summed E-state index contributed by atoms with van der Waals surface area (Å²) in [5.41, 5.74) is 0.889. The summed E-state index contributed by atoms with van der Waals surface area (Å²) in [6, 6.07) is 5.49. The Morgan fingerprint density at radius 3 is 2.65 bits per heavy atom. The van der Waals surface area contributed by atoms with Gasteiger partial charge in [-0.05, 0) is 18.6 Å². The quantitative estimate of drug-likeness (QED) is 0.720. The van der Waals surface area contributed by atoms with Crippen LogP contribution in [-0.4, -0.2) is 38.1 Å². The molecule has 0 fully saturated rings. The summed E-state index contributed by atoms with van der Waals surface area (Å²) in [5.74, 6) is 0.764. The smallest absolute Gasteiger partial charge is 0.305 e. The minimum Gasteiger partial charge on any atom is -0.497 e. The van der Waals surface area contributed by atoms with Crippen molar-refractivity contribution in [2.45, 2.75) is 19.4 Å².